The highest BCUT2D eigenvalue weighted by Gasteiger charge is 2.23. The Labute approximate surface area is 197 Å². The van der Waals surface area contributed by atoms with E-state index in [1.807, 2.05) is 32.0 Å². The van der Waals surface area contributed by atoms with E-state index in [4.69, 9.17) is 0 Å². The van der Waals surface area contributed by atoms with Crippen LogP contribution in [0.15, 0.2) is 50.9 Å². The minimum atomic E-state index is -4.01. The maximum absolute atomic E-state index is 13.2. The number of sulfonamides is 1. The first-order chi connectivity index (χ1) is 16.1. The quantitative estimate of drug-likeness (QED) is 0.575. The SMILES string of the molecule is CCc1cccc(C)c1NS(=O)(=O)c1ccc2c(c1)c(=O)n(CC(=O)N1CCCC1)c(=O)n2C. The molecule has 3 aromatic rings. The summed E-state index contributed by atoms with van der Waals surface area (Å²) >= 11 is 0. The van der Waals surface area contributed by atoms with Crippen LogP contribution in [-0.2, 0) is 34.8 Å². The number of likely N-dealkylation sites (tertiary alicyclic amines) is 1. The van der Waals surface area contributed by atoms with Crippen molar-refractivity contribution in [3.63, 3.8) is 0 Å². The van der Waals surface area contributed by atoms with Crippen LogP contribution < -0.4 is 16.0 Å². The molecule has 180 valence electrons. The van der Waals surface area contributed by atoms with E-state index in [1.54, 1.807) is 4.90 Å². The average molecular weight is 485 g/mol. The first kappa shape index (κ1) is 23.7. The fraction of sp³-hybridized carbons (Fsp3) is 0.375. The highest BCUT2D eigenvalue weighted by atomic mass is 32.2. The number of nitrogens with one attached hydrogen (secondary N) is 1. The van der Waals surface area contributed by atoms with Crippen molar-refractivity contribution in [2.75, 3.05) is 17.8 Å². The Morgan fingerprint density at radius 2 is 1.79 bits per heavy atom. The maximum Gasteiger partial charge on any atom is 0.331 e. The lowest BCUT2D eigenvalue weighted by Gasteiger charge is -2.17. The molecule has 0 saturated carbocycles. The monoisotopic (exact) mass is 484 g/mol. The van der Waals surface area contributed by atoms with Crippen molar-refractivity contribution < 1.29 is 13.2 Å². The number of hydrogen-bond donors (Lipinski definition) is 1. The Morgan fingerprint density at radius 3 is 2.47 bits per heavy atom. The Kier molecular flexibility index (Phi) is 6.35. The van der Waals surface area contributed by atoms with Gasteiger partial charge in [0.25, 0.3) is 15.6 Å². The van der Waals surface area contributed by atoms with Crippen LogP contribution in [0.25, 0.3) is 10.9 Å². The van der Waals surface area contributed by atoms with Gasteiger partial charge in [0.2, 0.25) is 5.91 Å². The lowest BCUT2D eigenvalue weighted by Crippen LogP contribution is -2.43. The molecule has 0 atom stereocenters. The van der Waals surface area contributed by atoms with Gasteiger partial charge in [0.1, 0.15) is 6.54 Å². The van der Waals surface area contributed by atoms with Crippen LogP contribution in [0.3, 0.4) is 0 Å². The predicted molar refractivity (Wildman–Crippen MR) is 131 cm³/mol. The average Bonchev–Trinajstić information content (AvgIpc) is 3.36. The summed E-state index contributed by atoms with van der Waals surface area (Å²) in [5, 5.41) is 0.0553. The van der Waals surface area contributed by atoms with E-state index in [0.29, 0.717) is 30.7 Å². The summed E-state index contributed by atoms with van der Waals surface area (Å²) in [6.07, 6.45) is 2.44. The van der Waals surface area contributed by atoms with Crippen LogP contribution in [-0.4, -0.2) is 41.4 Å². The molecule has 0 aliphatic carbocycles. The molecule has 1 fully saturated rings. The van der Waals surface area contributed by atoms with E-state index in [9.17, 15) is 22.8 Å². The second-order valence-corrected chi connectivity index (χ2v) is 10.3. The van der Waals surface area contributed by atoms with E-state index in [-0.39, 0.29) is 22.7 Å². The normalized spacial score (nSPS) is 14.0. The van der Waals surface area contributed by atoms with Gasteiger partial charge in [-0.2, -0.15) is 0 Å². The molecule has 1 amide bonds. The number of hydrogen-bond acceptors (Lipinski definition) is 5. The smallest absolute Gasteiger partial charge is 0.331 e. The van der Waals surface area contributed by atoms with Crippen molar-refractivity contribution in [3.05, 3.63) is 68.4 Å². The van der Waals surface area contributed by atoms with Crippen LogP contribution in [0.5, 0.6) is 0 Å². The van der Waals surface area contributed by atoms with Crippen molar-refractivity contribution in [1.82, 2.24) is 14.0 Å². The molecule has 1 saturated heterocycles. The van der Waals surface area contributed by atoms with Gasteiger partial charge in [0, 0.05) is 20.1 Å². The zero-order chi connectivity index (χ0) is 24.6. The fourth-order valence-electron chi connectivity index (χ4n) is 4.37. The molecule has 10 heteroatoms. The molecule has 0 bridgehead atoms. The van der Waals surface area contributed by atoms with Gasteiger partial charge in [0.15, 0.2) is 0 Å². The Balaban J connectivity index is 1.78. The van der Waals surface area contributed by atoms with Gasteiger partial charge in [-0.3, -0.25) is 23.4 Å². The van der Waals surface area contributed by atoms with Crippen LogP contribution in [0.4, 0.5) is 5.69 Å². The summed E-state index contributed by atoms with van der Waals surface area (Å²) in [6, 6.07) is 9.62. The minimum absolute atomic E-state index is 0.0553. The highest BCUT2D eigenvalue weighted by Crippen LogP contribution is 2.25. The lowest BCUT2D eigenvalue weighted by atomic mass is 10.1. The molecule has 1 aromatic heterocycles. The van der Waals surface area contributed by atoms with Crippen molar-refractivity contribution in [1.29, 1.82) is 0 Å². The summed E-state index contributed by atoms with van der Waals surface area (Å²) in [5.74, 6) is -0.298. The Hall–Kier alpha value is -3.40. The standard InChI is InChI=1S/C24H28N4O5S/c1-4-17-9-7-8-16(2)22(17)25-34(32,33)18-10-11-20-19(14-18)23(30)28(24(31)26(20)3)15-21(29)27-12-5-6-13-27/h7-11,14,25H,4-6,12-13,15H2,1-3H3. The third-order valence-corrected chi connectivity index (χ3v) is 7.71. The number of aryl methyl sites for hydroxylation is 3. The number of amides is 1. The molecule has 1 aliphatic heterocycles. The number of anilines is 1. The van der Waals surface area contributed by atoms with E-state index >= 15 is 0 Å². The van der Waals surface area contributed by atoms with E-state index in [1.165, 1.54) is 29.8 Å². The van der Waals surface area contributed by atoms with Crippen LogP contribution in [0, 0.1) is 6.92 Å². The topological polar surface area (TPSA) is 110 Å². The number of benzene rings is 2. The third kappa shape index (κ3) is 4.25. The first-order valence-corrected chi connectivity index (χ1v) is 12.7. The van der Waals surface area contributed by atoms with Gasteiger partial charge in [-0.25, -0.2) is 13.2 Å². The van der Waals surface area contributed by atoms with Crippen molar-refractivity contribution >= 4 is 32.5 Å². The minimum Gasteiger partial charge on any atom is -0.341 e. The number of carbonyl (C=O) groups excluding carboxylic acids is 1. The summed E-state index contributed by atoms with van der Waals surface area (Å²) in [7, 11) is -2.52. The van der Waals surface area contributed by atoms with Gasteiger partial charge >= 0.3 is 5.69 Å². The molecule has 0 unspecified atom stereocenters. The Morgan fingerprint density at radius 1 is 1.09 bits per heavy atom. The van der Waals surface area contributed by atoms with Crippen LogP contribution in [0.2, 0.25) is 0 Å². The van der Waals surface area contributed by atoms with Crippen LogP contribution in [0.1, 0.15) is 30.9 Å². The molecule has 0 radical (unpaired) electrons. The largest absolute Gasteiger partial charge is 0.341 e. The first-order valence-electron chi connectivity index (χ1n) is 11.3. The van der Waals surface area contributed by atoms with Gasteiger partial charge in [-0.1, -0.05) is 25.1 Å². The summed E-state index contributed by atoms with van der Waals surface area (Å²) in [5.41, 5.74) is 1.14. The summed E-state index contributed by atoms with van der Waals surface area (Å²) in [4.78, 5) is 40.2. The third-order valence-electron chi connectivity index (χ3n) is 6.36. The van der Waals surface area contributed by atoms with Gasteiger partial charge < -0.3 is 4.90 Å². The summed E-state index contributed by atoms with van der Waals surface area (Å²) < 4.78 is 31.2. The van der Waals surface area contributed by atoms with E-state index in [2.05, 4.69) is 4.72 Å². The molecule has 34 heavy (non-hydrogen) atoms. The molecule has 9 nitrogen and oxygen atoms in total. The lowest BCUT2D eigenvalue weighted by molar-refractivity contribution is -0.130. The number of aromatic nitrogens is 2. The molecular weight excluding hydrogens is 456 g/mol. The molecule has 1 N–H and O–H groups in total. The van der Waals surface area contributed by atoms with Crippen molar-refractivity contribution in [3.8, 4) is 0 Å². The maximum atomic E-state index is 13.2. The van der Waals surface area contributed by atoms with Crippen molar-refractivity contribution in [2.45, 2.75) is 44.6 Å². The van der Waals surface area contributed by atoms with Gasteiger partial charge in [-0.15, -0.1) is 0 Å². The van der Waals surface area contributed by atoms with E-state index < -0.39 is 21.3 Å². The zero-order valence-corrected chi connectivity index (χ0v) is 20.3. The number of carbonyl (C=O) groups is 1. The molecule has 2 aromatic carbocycles. The molecule has 0 spiro atoms. The van der Waals surface area contributed by atoms with E-state index in [0.717, 1.165) is 28.5 Å². The predicted octanol–water partition coefficient (Wildman–Crippen LogP) is 1.99. The zero-order valence-electron chi connectivity index (χ0n) is 19.5. The molecular formula is C24H28N4O5S. The van der Waals surface area contributed by atoms with Crippen LogP contribution >= 0.6 is 0 Å². The Bertz CT molecular complexity index is 1500. The van der Waals surface area contributed by atoms with Gasteiger partial charge in [-0.05, 0) is 55.5 Å². The fourth-order valence-corrected chi connectivity index (χ4v) is 5.57. The second kappa shape index (κ2) is 9.09. The highest BCUT2D eigenvalue weighted by molar-refractivity contribution is 7.92. The molecule has 2 heterocycles. The number of fused-ring (bicyclic) bond motifs is 1. The number of para-hydroxylation sites is 1. The molecule has 4 rings (SSSR count). The number of nitrogens with zero attached hydrogens (tertiary/aromatic N) is 3. The van der Waals surface area contributed by atoms with Crippen molar-refractivity contribution in [2.24, 2.45) is 7.05 Å². The molecule has 1 aliphatic rings. The number of rotatable bonds is 6. The van der Waals surface area contributed by atoms with Gasteiger partial charge in [0.05, 0.1) is 21.5 Å². The summed E-state index contributed by atoms with van der Waals surface area (Å²) in [6.45, 7) is 4.60. The second-order valence-electron chi connectivity index (χ2n) is 8.57.